The van der Waals surface area contributed by atoms with Gasteiger partial charge in [-0.25, -0.2) is 8.42 Å². The highest BCUT2D eigenvalue weighted by Gasteiger charge is 2.47. The van der Waals surface area contributed by atoms with Crippen molar-refractivity contribution in [3.63, 3.8) is 0 Å². The van der Waals surface area contributed by atoms with Crippen LogP contribution in [0.5, 0.6) is 11.5 Å². The molecular weight excluding hydrogens is 312 g/mol. The Bertz CT molecular complexity index is 719. The van der Waals surface area contributed by atoms with Crippen LogP contribution < -0.4 is 19.7 Å². The van der Waals surface area contributed by atoms with Crippen LogP contribution in [0, 0.1) is 0 Å². The number of fused-ring (bicyclic) bond motifs is 2. The van der Waals surface area contributed by atoms with Gasteiger partial charge in [-0.05, 0) is 24.4 Å². The van der Waals surface area contributed by atoms with Crippen molar-refractivity contribution < 1.29 is 17.9 Å². The maximum atomic E-state index is 11.8. The van der Waals surface area contributed by atoms with E-state index in [0.717, 1.165) is 5.69 Å². The third kappa shape index (κ3) is 2.13. The molecule has 1 N–H and O–H groups in total. The fraction of sp³-hybridized carbons (Fsp3) is 0.462. The van der Waals surface area contributed by atoms with Crippen LogP contribution in [0.4, 0.5) is 5.69 Å². The number of hydrogen-bond donors (Lipinski definition) is 1. The lowest BCUT2D eigenvalue weighted by atomic mass is 10.1. The minimum absolute atomic E-state index is 0.124. The fourth-order valence-corrected chi connectivity index (χ4v) is 5.37. The molecule has 0 aliphatic carbocycles. The van der Waals surface area contributed by atoms with Crippen LogP contribution in [0.25, 0.3) is 0 Å². The largest absolute Gasteiger partial charge is 0.486 e. The zero-order chi connectivity index (χ0) is 14.6. The van der Waals surface area contributed by atoms with Crippen molar-refractivity contribution in [1.29, 1.82) is 0 Å². The SMILES string of the molecule is O=S1(=O)C[C@H]2NC(=S)N(c3ccc4c(c3)OCCO4)[C@H]2C1. The molecule has 3 aliphatic heterocycles. The molecule has 0 unspecified atom stereocenters. The summed E-state index contributed by atoms with van der Waals surface area (Å²) < 4.78 is 34.7. The molecular formula is C13H14N2O4S2. The van der Waals surface area contributed by atoms with Crippen LogP contribution in [-0.4, -0.2) is 50.3 Å². The number of ether oxygens (including phenoxy) is 2. The van der Waals surface area contributed by atoms with E-state index in [2.05, 4.69) is 5.32 Å². The number of nitrogens with one attached hydrogen (secondary N) is 1. The van der Waals surface area contributed by atoms with E-state index in [4.69, 9.17) is 21.7 Å². The van der Waals surface area contributed by atoms with Crippen LogP contribution in [0.15, 0.2) is 18.2 Å². The molecule has 2 saturated heterocycles. The van der Waals surface area contributed by atoms with Crippen LogP contribution in [0.2, 0.25) is 0 Å². The van der Waals surface area contributed by atoms with Crippen molar-refractivity contribution in [2.75, 3.05) is 29.6 Å². The van der Waals surface area contributed by atoms with Crippen LogP contribution >= 0.6 is 12.2 Å². The molecule has 2 atom stereocenters. The third-order valence-electron chi connectivity index (χ3n) is 3.99. The van der Waals surface area contributed by atoms with E-state index in [1.807, 2.05) is 23.1 Å². The summed E-state index contributed by atoms with van der Waals surface area (Å²) in [6.07, 6.45) is 0. The van der Waals surface area contributed by atoms with E-state index in [-0.39, 0.29) is 23.6 Å². The second-order valence-corrected chi connectivity index (χ2v) is 7.94. The zero-order valence-electron chi connectivity index (χ0n) is 11.1. The Kier molecular flexibility index (Phi) is 2.80. The summed E-state index contributed by atoms with van der Waals surface area (Å²) in [5, 5.41) is 3.67. The number of rotatable bonds is 1. The van der Waals surface area contributed by atoms with Crippen molar-refractivity contribution >= 4 is 32.9 Å². The molecule has 21 heavy (non-hydrogen) atoms. The molecule has 0 aromatic heterocycles. The lowest BCUT2D eigenvalue weighted by Crippen LogP contribution is -2.36. The van der Waals surface area contributed by atoms with E-state index < -0.39 is 9.84 Å². The van der Waals surface area contributed by atoms with Gasteiger partial charge in [-0.1, -0.05) is 0 Å². The first-order valence-electron chi connectivity index (χ1n) is 6.73. The Morgan fingerprint density at radius 1 is 1.19 bits per heavy atom. The molecule has 1 aromatic carbocycles. The quantitative estimate of drug-likeness (QED) is 0.745. The second-order valence-electron chi connectivity index (χ2n) is 5.40. The summed E-state index contributed by atoms with van der Waals surface area (Å²) >= 11 is 5.35. The molecule has 0 saturated carbocycles. The number of sulfone groups is 1. The van der Waals surface area contributed by atoms with Crippen LogP contribution in [-0.2, 0) is 9.84 Å². The molecule has 3 aliphatic rings. The summed E-state index contributed by atoms with van der Waals surface area (Å²) in [7, 11) is -3.01. The Balaban J connectivity index is 1.70. The van der Waals surface area contributed by atoms with Crippen molar-refractivity contribution in [2.24, 2.45) is 0 Å². The lowest BCUT2D eigenvalue weighted by molar-refractivity contribution is 0.171. The topological polar surface area (TPSA) is 67.9 Å². The summed E-state index contributed by atoms with van der Waals surface area (Å²) in [6.45, 7) is 1.05. The summed E-state index contributed by atoms with van der Waals surface area (Å²) in [5.41, 5.74) is 0.835. The molecule has 1 aromatic rings. The first-order chi connectivity index (χ1) is 10.0. The van der Waals surface area contributed by atoms with Gasteiger partial charge in [0, 0.05) is 11.8 Å². The van der Waals surface area contributed by atoms with Crippen LogP contribution in [0.3, 0.4) is 0 Å². The Morgan fingerprint density at radius 3 is 2.76 bits per heavy atom. The molecule has 8 heteroatoms. The van der Waals surface area contributed by atoms with Gasteiger partial charge in [-0.2, -0.15) is 0 Å². The minimum atomic E-state index is -3.01. The highest BCUT2D eigenvalue weighted by molar-refractivity contribution is 7.91. The molecule has 2 fully saturated rings. The number of thiocarbonyl (C=S) groups is 1. The summed E-state index contributed by atoms with van der Waals surface area (Å²) in [5.74, 6) is 1.64. The molecule has 6 nitrogen and oxygen atoms in total. The summed E-state index contributed by atoms with van der Waals surface area (Å²) in [4.78, 5) is 1.88. The number of anilines is 1. The van der Waals surface area contributed by atoms with Gasteiger partial charge in [0.15, 0.2) is 26.4 Å². The van der Waals surface area contributed by atoms with Crippen molar-refractivity contribution in [1.82, 2.24) is 5.32 Å². The molecule has 0 spiro atoms. The molecule has 3 heterocycles. The van der Waals surface area contributed by atoms with Crippen LogP contribution in [0.1, 0.15) is 0 Å². The average molecular weight is 326 g/mol. The van der Waals surface area contributed by atoms with Crippen molar-refractivity contribution in [3.8, 4) is 11.5 Å². The standard InChI is InChI=1S/C13H14N2O4S2/c16-21(17)6-9-10(7-21)15(13(20)14-9)8-1-2-11-12(5-8)19-4-3-18-11/h1-2,5,9-10H,3-4,6-7H2,(H,14,20)/t9-,10+/m1/s1. The second kappa shape index (κ2) is 4.48. The highest BCUT2D eigenvalue weighted by Crippen LogP contribution is 2.37. The van der Waals surface area contributed by atoms with E-state index in [0.29, 0.717) is 29.8 Å². The predicted octanol–water partition coefficient (Wildman–Crippen LogP) is 0.318. The van der Waals surface area contributed by atoms with Gasteiger partial charge < -0.3 is 19.7 Å². The molecule has 0 bridgehead atoms. The monoisotopic (exact) mass is 326 g/mol. The van der Waals surface area contributed by atoms with Gasteiger partial charge in [0.05, 0.1) is 23.6 Å². The first-order valence-corrected chi connectivity index (χ1v) is 8.96. The normalized spacial score (nSPS) is 29.1. The highest BCUT2D eigenvalue weighted by atomic mass is 32.2. The predicted molar refractivity (Wildman–Crippen MR) is 81.9 cm³/mol. The van der Waals surface area contributed by atoms with Gasteiger partial charge >= 0.3 is 0 Å². The first kappa shape index (κ1) is 13.1. The molecule has 0 amide bonds. The van der Waals surface area contributed by atoms with E-state index in [1.54, 1.807) is 0 Å². The van der Waals surface area contributed by atoms with E-state index in [9.17, 15) is 8.42 Å². The maximum Gasteiger partial charge on any atom is 0.174 e. The third-order valence-corrected chi connectivity index (χ3v) is 6.02. The molecule has 0 radical (unpaired) electrons. The van der Waals surface area contributed by atoms with E-state index in [1.165, 1.54) is 0 Å². The Labute approximate surface area is 127 Å². The van der Waals surface area contributed by atoms with Gasteiger partial charge in [0.2, 0.25) is 0 Å². The van der Waals surface area contributed by atoms with Crippen molar-refractivity contribution in [3.05, 3.63) is 18.2 Å². The summed E-state index contributed by atoms with van der Waals surface area (Å²) in [6, 6.07) is 5.30. The number of nitrogens with zero attached hydrogens (tertiary/aromatic N) is 1. The minimum Gasteiger partial charge on any atom is -0.486 e. The molecule has 4 rings (SSSR count). The van der Waals surface area contributed by atoms with Gasteiger partial charge in [0.1, 0.15) is 13.2 Å². The Hall–Kier alpha value is -1.54. The average Bonchev–Trinajstić information content (AvgIpc) is 2.88. The number of benzene rings is 1. The zero-order valence-corrected chi connectivity index (χ0v) is 12.7. The fourth-order valence-electron chi connectivity index (χ4n) is 3.09. The smallest absolute Gasteiger partial charge is 0.174 e. The van der Waals surface area contributed by atoms with Crippen molar-refractivity contribution in [2.45, 2.75) is 12.1 Å². The Morgan fingerprint density at radius 2 is 1.95 bits per heavy atom. The van der Waals surface area contributed by atoms with E-state index >= 15 is 0 Å². The van der Waals surface area contributed by atoms with Gasteiger partial charge in [0.25, 0.3) is 0 Å². The van der Waals surface area contributed by atoms with Gasteiger partial charge in [-0.15, -0.1) is 0 Å². The maximum absolute atomic E-state index is 11.8. The molecule has 112 valence electrons. The van der Waals surface area contributed by atoms with Gasteiger partial charge in [-0.3, -0.25) is 0 Å². The number of hydrogen-bond acceptors (Lipinski definition) is 5. The lowest BCUT2D eigenvalue weighted by Gasteiger charge is -2.25.